The van der Waals surface area contributed by atoms with E-state index in [1.807, 2.05) is 21.8 Å². The Balaban J connectivity index is 0.726. The molecule has 0 radical (unpaired) electrons. The predicted octanol–water partition coefficient (Wildman–Crippen LogP) is 7.44. The van der Waals surface area contributed by atoms with Crippen LogP contribution in [0.1, 0.15) is 115 Å². The van der Waals surface area contributed by atoms with Crippen molar-refractivity contribution in [2.45, 2.75) is 102 Å². The molecule has 0 spiro atoms. The third kappa shape index (κ3) is 10.5. The van der Waals surface area contributed by atoms with E-state index >= 15 is 0 Å². The van der Waals surface area contributed by atoms with Gasteiger partial charge in [-0.3, -0.25) is 38.8 Å². The molecule has 4 N–H and O–H groups in total. The van der Waals surface area contributed by atoms with Crippen LogP contribution in [0.5, 0.6) is 5.75 Å². The van der Waals surface area contributed by atoms with Crippen LogP contribution < -0.4 is 21.1 Å². The fraction of sp³-hybridized carbons (Fsp3) is 0.435. The lowest BCUT2D eigenvalue weighted by molar-refractivity contribution is -0.136. The van der Waals surface area contributed by atoms with Gasteiger partial charge in [-0.1, -0.05) is 53.7 Å². The number of nitrogens with one attached hydrogen (secondary N) is 2. The molecule has 65 heavy (non-hydrogen) atoms. The first-order chi connectivity index (χ1) is 31.4. The number of nitrogen functional groups attached to an aromatic ring is 1. The molecule has 2 aromatic carbocycles. The molecule has 3 atom stereocenters. The Hall–Kier alpha value is -5.91. The summed E-state index contributed by atoms with van der Waals surface area (Å²) in [4.78, 5) is 58.3. The van der Waals surface area contributed by atoms with Crippen molar-refractivity contribution >= 4 is 58.3 Å². The van der Waals surface area contributed by atoms with Crippen LogP contribution in [-0.2, 0) is 22.6 Å². The lowest BCUT2D eigenvalue weighted by Crippen LogP contribution is -2.54. The van der Waals surface area contributed by atoms with Crippen molar-refractivity contribution in [1.29, 1.82) is 0 Å². The van der Waals surface area contributed by atoms with Gasteiger partial charge >= 0.3 is 0 Å². The highest BCUT2D eigenvalue weighted by atomic mass is 35.5. The number of rotatable bonds is 19. The van der Waals surface area contributed by atoms with Gasteiger partial charge in [-0.05, 0) is 95.3 Å². The summed E-state index contributed by atoms with van der Waals surface area (Å²) in [5.41, 5.74) is 10.3. The molecule has 2 fully saturated rings. The highest BCUT2D eigenvalue weighted by Crippen LogP contribution is 2.38. The normalized spacial score (nSPS) is 18.2. The maximum Gasteiger partial charge on any atom is 0.264 e. The van der Waals surface area contributed by atoms with Gasteiger partial charge in [0.2, 0.25) is 11.8 Å². The Morgan fingerprint density at radius 3 is 2.65 bits per heavy atom. The summed E-state index contributed by atoms with van der Waals surface area (Å²) in [5, 5.41) is 19.3. The molecular weight excluding hydrogens is 876 g/mol. The number of hydrogen-bond acceptors (Lipinski definition) is 12. The third-order valence-electron chi connectivity index (χ3n) is 12.3. The minimum absolute atomic E-state index is 0.0816. The minimum Gasteiger partial charge on any atom is -0.482 e. The van der Waals surface area contributed by atoms with E-state index < -0.39 is 41.6 Å². The quantitative estimate of drug-likeness (QED) is 0.0422. The minimum atomic E-state index is -0.988. The summed E-state index contributed by atoms with van der Waals surface area (Å²) < 4.78 is 24.2. The van der Waals surface area contributed by atoms with Crippen molar-refractivity contribution in [2.75, 3.05) is 37.2 Å². The van der Waals surface area contributed by atoms with Crippen LogP contribution in [0.15, 0.2) is 61.2 Å². The molecule has 6 heterocycles. The van der Waals surface area contributed by atoms with Crippen LogP contribution in [0, 0.1) is 5.82 Å². The molecular formula is C46H52Cl2FN11O5. The number of benzene rings is 2. The summed E-state index contributed by atoms with van der Waals surface area (Å²) in [6.07, 6.45) is 16.0. The molecule has 16 nitrogen and oxygen atoms in total. The van der Waals surface area contributed by atoms with Crippen LogP contribution in [0.25, 0.3) is 11.1 Å². The molecule has 3 aliphatic rings. The van der Waals surface area contributed by atoms with E-state index in [-0.39, 0.29) is 40.9 Å². The number of hydrogen-bond donors (Lipinski definition) is 3. The van der Waals surface area contributed by atoms with Crippen molar-refractivity contribution in [1.82, 2.24) is 44.9 Å². The molecule has 4 amide bonds. The van der Waals surface area contributed by atoms with Crippen molar-refractivity contribution in [3.05, 3.63) is 99.4 Å². The number of carbonyl (C=O) groups is 4. The van der Waals surface area contributed by atoms with Gasteiger partial charge in [0.05, 0.1) is 34.1 Å². The van der Waals surface area contributed by atoms with E-state index in [9.17, 15) is 23.6 Å². The van der Waals surface area contributed by atoms with Gasteiger partial charge in [0, 0.05) is 72.0 Å². The standard InChI is InChI=1S/C46H52Cl2FN11O5/c1-28(40-34(47)14-15-35(49)42(40)48)65-38-22-29(23-52-43(38)50)30-24-53-59(25-30)32-11-9-20-57(27-32)19-8-10-31-26-58(56-55-31)21-6-4-2-3-5-18-51-36-13-7-12-33-41(36)46(64)60(45(33)63)37-16-17-39(61)54-44(37)62/h7,12-15,22-26,28,32,37,51H,2-6,8-11,16-21,27H2,1H3,(H2,50,52)(H,54,61,62)/t28-,32?,37?/m1/s1. The number of carbonyl (C=O) groups excluding carboxylic acids is 4. The number of nitrogens with zero attached hydrogens (tertiary/aromatic N) is 8. The van der Waals surface area contributed by atoms with E-state index in [2.05, 4.69) is 37.0 Å². The molecule has 0 bridgehead atoms. The first-order valence-electron chi connectivity index (χ1n) is 22.2. The average Bonchev–Trinajstić information content (AvgIpc) is 4.03. The molecule has 0 aliphatic carbocycles. The predicted molar refractivity (Wildman–Crippen MR) is 243 cm³/mol. The number of halogens is 3. The Labute approximate surface area is 386 Å². The number of anilines is 2. The van der Waals surface area contributed by atoms with Crippen molar-refractivity contribution in [3.8, 4) is 16.9 Å². The van der Waals surface area contributed by atoms with Gasteiger partial charge in [-0.2, -0.15) is 5.10 Å². The summed E-state index contributed by atoms with van der Waals surface area (Å²) in [6.45, 7) is 6.05. The second-order valence-electron chi connectivity index (χ2n) is 16.9. The zero-order valence-electron chi connectivity index (χ0n) is 36.1. The number of nitrogens with two attached hydrogens (primary N) is 1. The largest absolute Gasteiger partial charge is 0.482 e. The van der Waals surface area contributed by atoms with Crippen molar-refractivity contribution in [2.24, 2.45) is 0 Å². The molecule has 342 valence electrons. The highest BCUT2D eigenvalue weighted by molar-refractivity contribution is 6.36. The molecule has 2 saturated heterocycles. The number of aromatic nitrogens is 6. The zero-order chi connectivity index (χ0) is 45.6. The van der Waals surface area contributed by atoms with E-state index in [4.69, 9.17) is 38.8 Å². The third-order valence-corrected chi connectivity index (χ3v) is 13.0. The molecule has 2 unspecified atom stereocenters. The SMILES string of the molecule is C[C@@H](Oc1cc(-c2cnn(C3CCCN(CCCc4cn(CCCCCCCNc5cccc6c5C(=O)N(C5CCC(=O)NC5=O)C6=O)nn4)C3)c2)cnc1N)c1c(Cl)ccc(F)c1Cl. The smallest absolute Gasteiger partial charge is 0.264 e. The Bertz CT molecular complexity index is 2570. The lowest BCUT2D eigenvalue weighted by Gasteiger charge is -2.32. The van der Waals surface area contributed by atoms with Gasteiger partial charge < -0.3 is 20.7 Å². The number of ether oxygens (including phenoxy) is 1. The maximum atomic E-state index is 14.2. The Morgan fingerprint density at radius 2 is 1.80 bits per heavy atom. The number of pyridine rings is 1. The fourth-order valence-electron chi connectivity index (χ4n) is 8.87. The van der Waals surface area contributed by atoms with Gasteiger partial charge in [0.25, 0.3) is 11.8 Å². The van der Waals surface area contributed by atoms with Gasteiger partial charge in [-0.25, -0.2) is 9.37 Å². The van der Waals surface area contributed by atoms with Crippen molar-refractivity contribution in [3.63, 3.8) is 0 Å². The summed E-state index contributed by atoms with van der Waals surface area (Å²) in [5.74, 6) is -2.10. The van der Waals surface area contributed by atoms with E-state index in [0.717, 1.165) is 106 Å². The lowest BCUT2D eigenvalue weighted by atomic mass is 10.0. The number of fused-ring (bicyclic) bond motifs is 1. The number of likely N-dealkylation sites (tertiary alicyclic amines) is 1. The first-order valence-corrected chi connectivity index (χ1v) is 23.0. The van der Waals surface area contributed by atoms with Gasteiger partial charge in [0.15, 0.2) is 11.6 Å². The highest BCUT2D eigenvalue weighted by Gasteiger charge is 2.45. The van der Waals surface area contributed by atoms with Crippen LogP contribution in [0.3, 0.4) is 0 Å². The van der Waals surface area contributed by atoms with Crippen LogP contribution in [-0.4, -0.2) is 95.4 Å². The summed E-state index contributed by atoms with van der Waals surface area (Å²) >= 11 is 12.5. The number of aryl methyl sites for hydroxylation is 2. The molecule has 3 aliphatic heterocycles. The van der Waals surface area contributed by atoms with Crippen LogP contribution in [0.4, 0.5) is 15.9 Å². The molecule has 3 aromatic heterocycles. The van der Waals surface area contributed by atoms with Crippen molar-refractivity contribution < 1.29 is 28.3 Å². The molecule has 8 rings (SSSR count). The number of piperidine rings is 2. The Kier molecular flexibility index (Phi) is 14.4. The second kappa shape index (κ2) is 20.5. The Morgan fingerprint density at radius 1 is 0.969 bits per heavy atom. The number of unbranched alkanes of at least 4 members (excludes halogenated alkanes) is 4. The number of amides is 4. The average molecular weight is 929 g/mol. The summed E-state index contributed by atoms with van der Waals surface area (Å²) in [6, 6.07) is 8.80. The first kappa shape index (κ1) is 45.7. The van der Waals surface area contributed by atoms with Crippen LogP contribution in [0.2, 0.25) is 10.0 Å². The van der Waals surface area contributed by atoms with E-state index in [1.165, 1.54) is 12.1 Å². The second-order valence-corrected chi connectivity index (χ2v) is 17.7. The van der Waals surface area contributed by atoms with Crippen LogP contribution >= 0.6 is 23.2 Å². The molecule has 19 heteroatoms. The maximum absolute atomic E-state index is 14.2. The topological polar surface area (TPSA) is 195 Å². The molecule has 0 saturated carbocycles. The monoisotopic (exact) mass is 927 g/mol. The molecule has 5 aromatic rings. The summed E-state index contributed by atoms with van der Waals surface area (Å²) in [7, 11) is 0. The van der Waals surface area contributed by atoms with Gasteiger partial charge in [-0.15, -0.1) is 5.10 Å². The van der Waals surface area contributed by atoms with E-state index in [1.54, 1.807) is 37.4 Å². The fourth-order valence-corrected chi connectivity index (χ4v) is 9.55. The van der Waals surface area contributed by atoms with Gasteiger partial charge in [0.1, 0.15) is 18.0 Å². The number of imide groups is 2. The zero-order valence-corrected chi connectivity index (χ0v) is 37.7. The van der Waals surface area contributed by atoms with E-state index in [0.29, 0.717) is 28.6 Å².